The molecular formula is C14H28N2O2. The van der Waals surface area contributed by atoms with Gasteiger partial charge < -0.3 is 15.0 Å². The smallest absolute Gasteiger partial charge is 0.222 e. The van der Waals surface area contributed by atoms with Crippen LogP contribution in [0.5, 0.6) is 0 Å². The fourth-order valence-corrected chi connectivity index (χ4v) is 2.33. The molecule has 0 radical (unpaired) electrons. The molecule has 0 saturated carbocycles. The van der Waals surface area contributed by atoms with Crippen molar-refractivity contribution in [1.82, 2.24) is 10.2 Å². The Labute approximate surface area is 111 Å². The van der Waals surface area contributed by atoms with E-state index < -0.39 is 0 Å². The summed E-state index contributed by atoms with van der Waals surface area (Å²) in [5.74, 6) is 1.05. The molecule has 18 heavy (non-hydrogen) atoms. The molecule has 1 saturated heterocycles. The van der Waals surface area contributed by atoms with Gasteiger partial charge in [0.25, 0.3) is 0 Å². The Morgan fingerprint density at radius 3 is 2.78 bits per heavy atom. The lowest BCUT2D eigenvalue weighted by molar-refractivity contribution is -0.130. The number of nitrogens with zero attached hydrogens (tertiary/aromatic N) is 1. The standard InChI is InChI=1S/C14H28N2O2/c1-3-18-12-4-5-14(17)16(2)11-8-13-6-9-15-10-7-13/h13,15H,3-12H2,1-2H3. The summed E-state index contributed by atoms with van der Waals surface area (Å²) < 4.78 is 5.24. The van der Waals surface area contributed by atoms with E-state index in [4.69, 9.17) is 4.74 Å². The maximum Gasteiger partial charge on any atom is 0.222 e. The summed E-state index contributed by atoms with van der Waals surface area (Å²) >= 11 is 0. The van der Waals surface area contributed by atoms with Crippen molar-refractivity contribution in [2.45, 2.75) is 39.0 Å². The first-order valence-electron chi connectivity index (χ1n) is 7.26. The third kappa shape index (κ3) is 6.36. The van der Waals surface area contributed by atoms with Crippen LogP contribution in [0, 0.1) is 5.92 Å². The van der Waals surface area contributed by atoms with E-state index in [0.29, 0.717) is 13.0 Å². The molecule has 1 N–H and O–H groups in total. The number of ether oxygens (including phenoxy) is 1. The van der Waals surface area contributed by atoms with E-state index in [1.807, 2.05) is 18.9 Å². The number of hydrogen-bond acceptors (Lipinski definition) is 3. The lowest BCUT2D eigenvalue weighted by Crippen LogP contribution is -2.32. The van der Waals surface area contributed by atoms with Crippen LogP contribution in [0.15, 0.2) is 0 Å². The van der Waals surface area contributed by atoms with E-state index in [9.17, 15) is 4.79 Å². The molecule has 0 aromatic heterocycles. The minimum atomic E-state index is 0.253. The Morgan fingerprint density at radius 2 is 2.11 bits per heavy atom. The van der Waals surface area contributed by atoms with Crippen LogP contribution in [-0.2, 0) is 9.53 Å². The highest BCUT2D eigenvalue weighted by molar-refractivity contribution is 5.75. The summed E-state index contributed by atoms with van der Waals surface area (Å²) in [6, 6.07) is 0. The summed E-state index contributed by atoms with van der Waals surface area (Å²) in [5.41, 5.74) is 0. The van der Waals surface area contributed by atoms with Crippen molar-refractivity contribution in [2.75, 3.05) is 39.9 Å². The molecule has 0 aromatic carbocycles. The zero-order valence-electron chi connectivity index (χ0n) is 11.9. The van der Waals surface area contributed by atoms with Crippen LogP contribution in [0.3, 0.4) is 0 Å². The molecular weight excluding hydrogens is 228 g/mol. The van der Waals surface area contributed by atoms with E-state index in [1.54, 1.807) is 0 Å². The second-order valence-corrected chi connectivity index (χ2v) is 5.10. The third-order valence-electron chi connectivity index (χ3n) is 3.64. The largest absolute Gasteiger partial charge is 0.382 e. The normalized spacial score (nSPS) is 16.8. The van der Waals surface area contributed by atoms with E-state index >= 15 is 0 Å². The highest BCUT2D eigenvalue weighted by Crippen LogP contribution is 2.16. The summed E-state index contributed by atoms with van der Waals surface area (Å²) in [6.45, 7) is 6.59. The highest BCUT2D eigenvalue weighted by atomic mass is 16.5. The summed E-state index contributed by atoms with van der Waals surface area (Å²) in [4.78, 5) is 13.7. The predicted molar refractivity (Wildman–Crippen MR) is 73.6 cm³/mol. The molecule has 0 aromatic rings. The number of carbonyl (C=O) groups is 1. The number of hydrogen-bond donors (Lipinski definition) is 1. The van der Waals surface area contributed by atoms with E-state index in [0.717, 1.165) is 45.0 Å². The highest BCUT2D eigenvalue weighted by Gasteiger charge is 2.15. The van der Waals surface area contributed by atoms with Gasteiger partial charge in [0, 0.05) is 33.2 Å². The Kier molecular flexibility index (Phi) is 8.01. The first-order chi connectivity index (χ1) is 8.74. The van der Waals surface area contributed by atoms with Gasteiger partial charge in [0.15, 0.2) is 0 Å². The molecule has 106 valence electrons. The Hall–Kier alpha value is -0.610. The Bertz CT molecular complexity index is 228. The molecule has 1 heterocycles. The molecule has 1 fully saturated rings. The van der Waals surface area contributed by atoms with Crippen molar-refractivity contribution < 1.29 is 9.53 Å². The van der Waals surface area contributed by atoms with Gasteiger partial charge in [0.05, 0.1) is 0 Å². The van der Waals surface area contributed by atoms with Crippen molar-refractivity contribution in [3.63, 3.8) is 0 Å². The Balaban J connectivity index is 2.07. The molecule has 0 unspecified atom stereocenters. The average molecular weight is 256 g/mol. The molecule has 0 atom stereocenters. The second-order valence-electron chi connectivity index (χ2n) is 5.10. The van der Waals surface area contributed by atoms with Crippen LogP contribution >= 0.6 is 0 Å². The van der Waals surface area contributed by atoms with Gasteiger partial charge in [-0.25, -0.2) is 0 Å². The molecule has 1 rings (SSSR count). The molecule has 0 bridgehead atoms. The van der Waals surface area contributed by atoms with E-state index in [2.05, 4.69) is 5.32 Å². The number of carbonyl (C=O) groups excluding carboxylic acids is 1. The lowest BCUT2D eigenvalue weighted by Gasteiger charge is -2.25. The topological polar surface area (TPSA) is 41.6 Å². The summed E-state index contributed by atoms with van der Waals surface area (Å²) in [5, 5.41) is 3.37. The summed E-state index contributed by atoms with van der Waals surface area (Å²) in [6.07, 6.45) is 5.11. The van der Waals surface area contributed by atoms with Crippen LogP contribution < -0.4 is 5.32 Å². The SMILES string of the molecule is CCOCCCC(=O)N(C)CCC1CCNCC1. The molecule has 1 amide bonds. The number of nitrogens with one attached hydrogen (secondary N) is 1. The monoisotopic (exact) mass is 256 g/mol. The molecule has 0 aliphatic carbocycles. The van der Waals surface area contributed by atoms with Crippen molar-refractivity contribution in [3.8, 4) is 0 Å². The van der Waals surface area contributed by atoms with E-state index in [-0.39, 0.29) is 5.91 Å². The van der Waals surface area contributed by atoms with Crippen LogP contribution in [0.25, 0.3) is 0 Å². The van der Waals surface area contributed by atoms with Crippen molar-refractivity contribution >= 4 is 5.91 Å². The quantitative estimate of drug-likeness (QED) is 0.671. The maximum atomic E-state index is 11.8. The van der Waals surface area contributed by atoms with Gasteiger partial charge in [-0.3, -0.25) is 4.79 Å². The van der Waals surface area contributed by atoms with Gasteiger partial charge in [-0.05, 0) is 51.6 Å². The third-order valence-corrected chi connectivity index (χ3v) is 3.64. The maximum absolute atomic E-state index is 11.8. The predicted octanol–water partition coefficient (Wildman–Crippen LogP) is 1.65. The fourth-order valence-electron chi connectivity index (χ4n) is 2.33. The van der Waals surface area contributed by atoms with Crippen molar-refractivity contribution in [3.05, 3.63) is 0 Å². The van der Waals surface area contributed by atoms with Crippen LogP contribution in [-0.4, -0.2) is 50.7 Å². The number of rotatable bonds is 8. The van der Waals surface area contributed by atoms with E-state index in [1.165, 1.54) is 12.8 Å². The number of amides is 1. The van der Waals surface area contributed by atoms with Crippen LogP contribution in [0.4, 0.5) is 0 Å². The zero-order valence-corrected chi connectivity index (χ0v) is 11.9. The first kappa shape index (κ1) is 15.4. The molecule has 0 spiro atoms. The Morgan fingerprint density at radius 1 is 1.39 bits per heavy atom. The van der Waals surface area contributed by atoms with Gasteiger partial charge in [-0.1, -0.05) is 0 Å². The molecule has 1 aliphatic heterocycles. The minimum absolute atomic E-state index is 0.253. The van der Waals surface area contributed by atoms with Gasteiger partial charge in [0.2, 0.25) is 5.91 Å². The fraction of sp³-hybridized carbons (Fsp3) is 0.929. The van der Waals surface area contributed by atoms with Crippen molar-refractivity contribution in [1.29, 1.82) is 0 Å². The van der Waals surface area contributed by atoms with Gasteiger partial charge in [-0.2, -0.15) is 0 Å². The lowest BCUT2D eigenvalue weighted by atomic mass is 9.94. The average Bonchev–Trinajstić information content (AvgIpc) is 2.42. The summed E-state index contributed by atoms with van der Waals surface area (Å²) in [7, 11) is 1.92. The minimum Gasteiger partial charge on any atom is -0.382 e. The van der Waals surface area contributed by atoms with Gasteiger partial charge >= 0.3 is 0 Å². The number of piperidine rings is 1. The van der Waals surface area contributed by atoms with Crippen LogP contribution in [0.1, 0.15) is 39.0 Å². The van der Waals surface area contributed by atoms with Crippen LogP contribution in [0.2, 0.25) is 0 Å². The van der Waals surface area contributed by atoms with Crippen molar-refractivity contribution in [2.24, 2.45) is 5.92 Å². The first-order valence-corrected chi connectivity index (χ1v) is 7.26. The van der Waals surface area contributed by atoms with Gasteiger partial charge in [-0.15, -0.1) is 0 Å². The molecule has 4 nitrogen and oxygen atoms in total. The molecule has 1 aliphatic rings. The molecule has 4 heteroatoms. The second kappa shape index (κ2) is 9.34. The zero-order chi connectivity index (χ0) is 13.2. The van der Waals surface area contributed by atoms with Gasteiger partial charge in [0.1, 0.15) is 0 Å².